The maximum absolute atomic E-state index is 5.26. The zero-order valence-electron chi connectivity index (χ0n) is 13.8. The van der Waals surface area contributed by atoms with Gasteiger partial charge in [-0.25, -0.2) is 0 Å². The highest BCUT2D eigenvalue weighted by Gasteiger charge is 1.69. The van der Waals surface area contributed by atoms with Gasteiger partial charge in [0.05, 0.1) is 0 Å². The highest BCUT2D eigenvalue weighted by Crippen LogP contribution is 1.81. The summed E-state index contributed by atoms with van der Waals surface area (Å²) >= 11 is 0. The lowest BCUT2D eigenvalue weighted by molar-refractivity contribution is 1.09. The molecule has 0 spiro atoms. The molecule has 0 aromatic carbocycles. The minimum atomic E-state index is 0.648. The van der Waals surface area contributed by atoms with Crippen LogP contribution < -0.4 is 5.73 Å². The molecule has 110 valence electrons. The molecule has 0 aromatic heterocycles. The maximum atomic E-state index is 5.26. The van der Waals surface area contributed by atoms with Crippen LogP contribution in [0, 0.1) is 0 Å². The molecule has 0 saturated heterocycles. The van der Waals surface area contributed by atoms with E-state index in [-0.39, 0.29) is 0 Å². The summed E-state index contributed by atoms with van der Waals surface area (Å²) in [5, 5.41) is 0. The van der Waals surface area contributed by atoms with Crippen LogP contribution in [0.5, 0.6) is 0 Å². The van der Waals surface area contributed by atoms with Gasteiger partial charge in [0.15, 0.2) is 0 Å². The van der Waals surface area contributed by atoms with E-state index in [2.05, 4.69) is 53.3 Å². The van der Waals surface area contributed by atoms with Crippen molar-refractivity contribution in [3.8, 4) is 0 Å². The second-order valence-electron chi connectivity index (χ2n) is 1.81. The molecule has 0 unspecified atom stereocenters. The second kappa shape index (κ2) is 108. The van der Waals surface area contributed by atoms with Crippen LogP contribution >= 0.6 is 0 Å². The Hall–Kier alpha value is -1.50. The van der Waals surface area contributed by atoms with Crippen LogP contribution in [0.1, 0.15) is 48.0 Å². The van der Waals surface area contributed by atoms with Gasteiger partial charge in [-0.15, -0.1) is 26.3 Å². The van der Waals surface area contributed by atoms with Gasteiger partial charge in [0, 0.05) is 5.70 Å². The molecule has 0 aromatic rings. The second-order valence-corrected chi connectivity index (χ2v) is 1.81. The molecule has 1 heteroatoms. The molecule has 0 rings (SSSR count). The van der Waals surface area contributed by atoms with E-state index >= 15 is 0 Å². The summed E-state index contributed by atoms with van der Waals surface area (Å²) < 4.78 is 0. The van der Waals surface area contributed by atoms with Gasteiger partial charge in [-0.05, 0) is 12.2 Å². The number of hydrogen-bond acceptors (Lipinski definition) is 1. The summed E-state index contributed by atoms with van der Waals surface area (Å²) in [5.74, 6) is 0. The van der Waals surface area contributed by atoms with Crippen LogP contribution in [0.3, 0.4) is 0 Å². The first-order valence-electron chi connectivity index (χ1n) is 6.43. The van der Waals surface area contributed by atoms with E-state index in [9.17, 15) is 0 Å². The van der Waals surface area contributed by atoms with E-state index in [1.54, 1.807) is 18.2 Å². The number of rotatable bonds is 2. The van der Waals surface area contributed by atoms with E-state index < -0.39 is 0 Å². The van der Waals surface area contributed by atoms with Gasteiger partial charge in [0.2, 0.25) is 0 Å². The SMILES string of the molecule is C=C.C=C.C=C/C=C(/N)C=C.CC.CC.CCC. The molecular formula is C17H37N. The topological polar surface area (TPSA) is 26.0 Å². The van der Waals surface area contributed by atoms with E-state index in [0.717, 1.165) is 0 Å². The molecule has 2 N–H and O–H groups in total. The van der Waals surface area contributed by atoms with Crippen molar-refractivity contribution in [2.45, 2.75) is 48.0 Å². The molecule has 0 aliphatic carbocycles. The first-order valence-corrected chi connectivity index (χ1v) is 6.43. The molecule has 0 atom stereocenters. The van der Waals surface area contributed by atoms with Crippen LogP contribution in [-0.2, 0) is 0 Å². The van der Waals surface area contributed by atoms with Crippen LogP contribution in [0.15, 0.2) is 63.4 Å². The molecule has 0 saturated carbocycles. The first kappa shape index (κ1) is 36.0. The fourth-order valence-corrected chi connectivity index (χ4v) is 0.204. The fourth-order valence-electron chi connectivity index (χ4n) is 0.204. The molecule has 18 heavy (non-hydrogen) atoms. The van der Waals surface area contributed by atoms with Crippen LogP contribution in [-0.4, -0.2) is 0 Å². The van der Waals surface area contributed by atoms with Crippen molar-refractivity contribution in [2.75, 3.05) is 0 Å². The summed E-state index contributed by atoms with van der Waals surface area (Å²) in [6.45, 7) is 31.1. The van der Waals surface area contributed by atoms with Gasteiger partial charge < -0.3 is 5.73 Å². The third-order valence-electron chi connectivity index (χ3n) is 0.546. The predicted octanol–water partition coefficient (Wildman–Crippen LogP) is 6.27. The Balaban J connectivity index is -0.0000000279. The minimum Gasteiger partial charge on any atom is -0.399 e. The fraction of sp³-hybridized carbons (Fsp3) is 0.412. The van der Waals surface area contributed by atoms with Crippen molar-refractivity contribution >= 4 is 0 Å². The number of hydrogen-bond donors (Lipinski definition) is 1. The molecule has 0 aliphatic rings. The smallest absolute Gasteiger partial charge is 0.0307 e. The Morgan fingerprint density at radius 1 is 0.889 bits per heavy atom. The lowest BCUT2D eigenvalue weighted by Gasteiger charge is -1.81. The van der Waals surface area contributed by atoms with E-state index in [4.69, 9.17) is 5.73 Å². The molecular weight excluding hydrogens is 218 g/mol. The third kappa shape index (κ3) is 216. The van der Waals surface area contributed by atoms with Gasteiger partial charge in [0.25, 0.3) is 0 Å². The summed E-state index contributed by atoms with van der Waals surface area (Å²) in [6.07, 6.45) is 6.13. The van der Waals surface area contributed by atoms with Gasteiger partial charge in [-0.2, -0.15) is 0 Å². The Morgan fingerprint density at radius 2 is 1.11 bits per heavy atom. The number of allylic oxidation sites excluding steroid dienone is 3. The number of nitrogens with two attached hydrogens (primary N) is 1. The zero-order chi connectivity index (χ0) is 16.4. The summed E-state index contributed by atoms with van der Waals surface area (Å²) in [6, 6.07) is 0. The molecule has 0 heterocycles. The first-order chi connectivity index (χ1) is 8.72. The van der Waals surface area contributed by atoms with Crippen LogP contribution in [0.4, 0.5) is 0 Å². The minimum absolute atomic E-state index is 0.648. The van der Waals surface area contributed by atoms with Crippen molar-refractivity contribution in [3.05, 3.63) is 63.4 Å². The van der Waals surface area contributed by atoms with Crippen molar-refractivity contribution in [3.63, 3.8) is 0 Å². The highest BCUT2D eigenvalue weighted by atomic mass is 14.5. The largest absolute Gasteiger partial charge is 0.399 e. The Bertz CT molecular complexity index is 133. The van der Waals surface area contributed by atoms with E-state index in [0.29, 0.717) is 5.70 Å². The van der Waals surface area contributed by atoms with Gasteiger partial charge in [-0.1, -0.05) is 67.2 Å². The lowest BCUT2D eigenvalue weighted by atomic mass is 10.4. The van der Waals surface area contributed by atoms with Crippen LogP contribution in [0.2, 0.25) is 0 Å². The third-order valence-corrected chi connectivity index (χ3v) is 0.546. The van der Waals surface area contributed by atoms with Crippen molar-refractivity contribution in [2.24, 2.45) is 5.73 Å². The van der Waals surface area contributed by atoms with Gasteiger partial charge in [0.1, 0.15) is 0 Å². The van der Waals surface area contributed by atoms with E-state index in [1.807, 2.05) is 27.7 Å². The predicted molar refractivity (Wildman–Crippen MR) is 93.8 cm³/mol. The monoisotopic (exact) mass is 255 g/mol. The average molecular weight is 255 g/mol. The van der Waals surface area contributed by atoms with Crippen LogP contribution in [0.25, 0.3) is 0 Å². The Labute approximate surface area is 117 Å². The molecule has 0 radical (unpaired) electrons. The zero-order valence-corrected chi connectivity index (χ0v) is 13.8. The summed E-state index contributed by atoms with van der Waals surface area (Å²) in [4.78, 5) is 0. The standard InChI is InChI=1S/C6H9N.C3H8.2C2H6.2C2H4/c1-3-5-6(7)4-2;1-3-2;4*1-2/h3-5H,1-2,7H2;3H2,1-2H3;2*1-2H3;2*1-2H2/b6-5+;;;;;. The normalized spacial score (nSPS) is 6.22. The molecule has 0 bridgehead atoms. The van der Waals surface area contributed by atoms with E-state index in [1.165, 1.54) is 6.42 Å². The quantitative estimate of drug-likeness (QED) is 0.456. The van der Waals surface area contributed by atoms with Gasteiger partial charge >= 0.3 is 0 Å². The van der Waals surface area contributed by atoms with Gasteiger partial charge in [-0.3, -0.25) is 0 Å². The summed E-state index contributed by atoms with van der Waals surface area (Å²) in [7, 11) is 0. The Morgan fingerprint density at radius 3 is 1.17 bits per heavy atom. The molecule has 0 fully saturated rings. The summed E-state index contributed by atoms with van der Waals surface area (Å²) in [5.41, 5.74) is 5.90. The molecule has 0 amide bonds. The lowest BCUT2D eigenvalue weighted by Crippen LogP contribution is -1.89. The maximum Gasteiger partial charge on any atom is 0.0307 e. The molecule has 0 aliphatic heterocycles. The molecule has 1 nitrogen and oxygen atoms in total. The average Bonchev–Trinajstić information content (AvgIpc) is 2.48. The highest BCUT2D eigenvalue weighted by molar-refractivity contribution is 5.16. The Kier molecular flexibility index (Phi) is 215. The van der Waals surface area contributed by atoms with Crippen molar-refractivity contribution < 1.29 is 0 Å². The van der Waals surface area contributed by atoms with Crippen molar-refractivity contribution in [1.29, 1.82) is 0 Å². The van der Waals surface area contributed by atoms with Crippen molar-refractivity contribution in [1.82, 2.24) is 0 Å².